The molecule has 21 heavy (non-hydrogen) atoms. The molecule has 0 saturated carbocycles. The van der Waals surface area contributed by atoms with Gasteiger partial charge in [-0.15, -0.1) is 11.6 Å². The van der Waals surface area contributed by atoms with Crippen molar-refractivity contribution in [3.8, 4) is 0 Å². The first kappa shape index (κ1) is 13.2. The molecule has 1 aliphatic heterocycles. The van der Waals surface area contributed by atoms with Gasteiger partial charge in [-0.1, -0.05) is 24.3 Å². The summed E-state index contributed by atoms with van der Waals surface area (Å²) in [6, 6.07) is 14.8. The third-order valence-electron chi connectivity index (χ3n) is 4.44. The minimum atomic E-state index is -0.0759. The number of hydrogen-bond acceptors (Lipinski definition) is 1. The molecule has 1 fully saturated rings. The van der Waals surface area contributed by atoms with Crippen LogP contribution in [0, 0.1) is 0 Å². The summed E-state index contributed by atoms with van der Waals surface area (Å²) in [5.74, 6) is 0. The lowest BCUT2D eigenvalue weighted by Crippen LogP contribution is -2.14. The monoisotopic (exact) mass is 299 g/mol. The van der Waals surface area contributed by atoms with Crippen LogP contribution >= 0.6 is 11.6 Å². The van der Waals surface area contributed by atoms with Gasteiger partial charge in [-0.25, -0.2) is 0 Å². The Morgan fingerprint density at radius 1 is 1.10 bits per heavy atom. The van der Waals surface area contributed by atoms with E-state index in [1.807, 2.05) is 0 Å². The van der Waals surface area contributed by atoms with Gasteiger partial charge in [0.1, 0.15) is 0 Å². The molecule has 0 spiro atoms. The Bertz CT molecular complexity index is 794. The summed E-state index contributed by atoms with van der Waals surface area (Å²) in [6.07, 6.45) is 2.60. The van der Waals surface area contributed by atoms with Crippen molar-refractivity contribution < 1.29 is 4.74 Å². The third kappa shape index (κ3) is 2.23. The maximum absolute atomic E-state index is 6.66. The first-order chi connectivity index (χ1) is 10.2. The molecule has 2 nitrogen and oxygen atoms in total. The largest absolute Gasteiger partial charge is 0.373 e. The van der Waals surface area contributed by atoms with Crippen molar-refractivity contribution in [2.45, 2.75) is 37.4 Å². The van der Waals surface area contributed by atoms with Crippen LogP contribution in [0.4, 0.5) is 0 Å². The van der Waals surface area contributed by atoms with Crippen LogP contribution in [0.5, 0.6) is 0 Å². The van der Waals surface area contributed by atoms with Gasteiger partial charge in [0, 0.05) is 21.8 Å². The van der Waals surface area contributed by atoms with Crippen molar-refractivity contribution in [1.29, 1.82) is 0 Å². The number of aromatic nitrogens is 1. The van der Waals surface area contributed by atoms with E-state index in [1.54, 1.807) is 0 Å². The highest BCUT2D eigenvalue weighted by Crippen LogP contribution is 2.36. The summed E-state index contributed by atoms with van der Waals surface area (Å²) in [4.78, 5) is 3.45. The molecule has 1 aromatic heterocycles. The number of fused-ring (bicyclic) bond motifs is 3. The number of alkyl halides is 1. The van der Waals surface area contributed by atoms with Crippen molar-refractivity contribution in [2.75, 3.05) is 0 Å². The van der Waals surface area contributed by atoms with Crippen LogP contribution in [0.1, 0.15) is 30.7 Å². The zero-order valence-electron chi connectivity index (χ0n) is 12.0. The standard InChI is InChI=1S/C18H18ClNO/c1-11-6-9-17(21-11)18(19)12-7-8-16-14(10-12)13-4-2-3-5-15(13)20-16/h2-5,7-8,10-11,17-18,20H,6,9H2,1H3. The molecule has 0 radical (unpaired) electrons. The number of aromatic amines is 1. The predicted octanol–water partition coefficient (Wildman–Crippen LogP) is 5.17. The van der Waals surface area contributed by atoms with Crippen LogP contribution in [-0.2, 0) is 4.74 Å². The van der Waals surface area contributed by atoms with Gasteiger partial charge >= 0.3 is 0 Å². The Morgan fingerprint density at radius 2 is 1.90 bits per heavy atom. The second-order valence-electron chi connectivity index (χ2n) is 5.94. The van der Waals surface area contributed by atoms with E-state index < -0.39 is 0 Å². The third-order valence-corrected chi connectivity index (χ3v) is 4.97. The van der Waals surface area contributed by atoms with Crippen LogP contribution in [0.15, 0.2) is 42.5 Å². The number of rotatable bonds is 2. The zero-order valence-corrected chi connectivity index (χ0v) is 12.7. The summed E-state index contributed by atoms with van der Waals surface area (Å²) < 4.78 is 5.92. The van der Waals surface area contributed by atoms with Crippen LogP contribution < -0.4 is 0 Å². The number of hydrogen-bond donors (Lipinski definition) is 1. The lowest BCUT2D eigenvalue weighted by molar-refractivity contribution is 0.0533. The lowest BCUT2D eigenvalue weighted by atomic mass is 10.0. The normalized spacial score (nSPS) is 23.9. The van der Waals surface area contributed by atoms with Crippen LogP contribution in [0.25, 0.3) is 21.8 Å². The number of H-pyrrole nitrogens is 1. The second kappa shape index (κ2) is 5.04. The van der Waals surface area contributed by atoms with Gasteiger partial charge < -0.3 is 9.72 Å². The molecule has 2 aromatic carbocycles. The van der Waals surface area contributed by atoms with Gasteiger partial charge in [0.2, 0.25) is 0 Å². The number of nitrogens with one attached hydrogen (secondary N) is 1. The lowest BCUT2D eigenvalue weighted by Gasteiger charge is -2.18. The van der Waals surface area contributed by atoms with Crippen molar-refractivity contribution in [2.24, 2.45) is 0 Å². The number of benzene rings is 2. The maximum atomic E-state index is 6.66. The Labute approximate surface area is 129 Å². The summed E-state index contributed by atoms with van der Waals surface area (Å²) in [5, 5.41) is 2.41. The molecule has 1 aliphatic rings. The van der Waals surface area contributed by atoms with Crippen LogP contribution in [-0.4, -0.2) is 17.2 Å². The maximum Gasteiger partial charge on any atom is 0.0847 e. The summed E-state index contributed by atoms with van der Waals surface area (Å²) in [5.41, 5.74) is 3.47. The Kier molecular flexibility index (Phi) is 3.16. The Balaban J connectivity index is 1.77. The molecule has 3 aromatic rings. The molecule has 3 heteroatoms. The van der Waals surface area contributed by atoms with Gasteiger partial charge in [0.25, 0.3) is 0 Å². The zero-order chi connectivity index (χ0) is 14.4. The molecule has 3 atom stereocenters. The van der Waals surface area contributed by atoms with Gasteiger partial charge in [0.15, 0.2) is 0 Å². The number of ether oxygens (including phenoxy) is 1. The van der Waals surface area contributed by atoms with Gasteiger partial charge in [-0.05, 0) is 43.5 Å². The smallest absolute Gasteiger partial charge is 0.0847 e. The highest BCUT2D eigenvalue weighted by Gasteiger charge is 2.29. The molecule has 0 amide bonds. The fourth-order valence-electron chi connectivity index (χ4n) is 3.30. The fourth-order valence-corrected chi connectivity index (χ4v) is 3.62. The fraction of sp³-hybridized carbons (Fsp3) is 0.333. The molecule has 108 valence electrons. The molecule has 2 heterocycles. The number of halogens is 1. The quantitative estimate of drug-likeness (QED) is 0.649. The second-order valence-corrected chi connectivity index (χ2v) is 6.41. The minimum Gasteiger partial charge on any atom is -0.373 e. The first-order valence-electron chi connectivity index (χ1n) is 7.52. The highest BCUT2D eigenvalue weighted by molar-refractivity contribution is 6.21. The van der Waals surface area contributed by atoms with Crippen molar-refractivity contribution in [3.05, 3.63) is 48.0 Å². The van der Waals surface area contributed by atoms with Crippen LogP contribution in [0.3, 0.4) is 0 Å². The Morgan fingerprint density at radius 3 is 2.71 bits per heavy atom. The van der Waals surface area contributed by atoms with E-state index in [2.05, 4.69) is 54.4 Å². The highest BCUT2D eigenvalue weighted by atomic mass is 35.5. The van der Waals surface area contributed by atoms with Gasteiger partial charge in [-0.3, -0.25) is 0 Å². The minimum absolute atomic E-state index is 0.0759. The molecule has 1 N–H and O–H groups in total. The molecular formula is C18H18ClNO. The van der Waals surface area contributed by atoms with Crippen LogP contribution in [0.2, 0.25) is 0 Å². The van der Waals surface area contributed by atoms with Crippen molar-refractivity contribution >= 4 is 33.4 Å². The molecule has 0 bridgehead atoms. The van der Waals surface area contributed by atoms with Crippen molar-refractivity contribution in [3.63, 3.8) is 0 Å². The van der Waals surface area contributed by atoms with Gasteiger partial charge in [-0.2, -0.15) is 0 Å². The SMILES string of the molecule is CC1CCC(C(Cl)c2ccc3[nH]c4ccccc4c3c2)O1. The molecule has 3 unspecified atom stereocenters. The molecule has 1 saturated heterocycles. The van der Waals surface area contributed by atoms with E-state index >= 15 is 0 Å². The van der Waals surface area contributed by atoms with E-state index in [4.69, 9.17) is 16.3 Å². The summed E-state index contributed by atoms with van der Waals surface area (Å²) in [6.45, 7) is 2.12. The van der Waals surface area contributed by atoms with Gasteiger partial charge in [0.05, 0.1) is 17.6 Å². The summed E-state index contributed by atoms with van der Waals surface area (Å²) in [7, 11) is 0. The first-order valence-corrected chi connectivity index (χ1v) is 7.96. The number of para-hydroxylation sites is 1. The van der Waals surface area contributed by atoms with E-state index in [9.17, 15) is 0 Å². The van der Waals surface area contributed by atoms with E-state index in [0.717, 1.165) is 23.9 Å². The molecule has 0 aliphatic carbocycles. The Hall–Kier alpha value is -1.51. The summed E-state index contributed by atoms with van der Waals surface area (Å²) >= 11 is 6.66. The van der Waals surface area contributed by atoms with E-state index in [-0.39, 0.29) is 11.5 Å². The molecular weight excluding hydrogens is 282 g/mol. The molecule has 4 rings (SSSR count). The van der Waals surface area contributed by atoms with E-state index in [1.165, 1.54) is 16.3 Å². The van der Waals surface area contributed by atoms with E-state index in [0.29, 0.717) is 6.10 Å². The average molecular weight is 300 g/mol. The topological polar surface area (TPSA) is 25.0 Å². The predicted molar refractivity (Wildman–Crippen MR) is 88.0 cm³/mol. The van der Waals surface area contributed by atoms with Crippen molar-refractivity contribution in [1.82, 2.24) is 4.98 Å². The average Bonchev–Trinajstić information content (AvgIpc) is 3.09.